The zero-order valence-corrected chi connectivity index (χ0v) is 17.7. The number of phenols is 2. The van der Waals surface area contributed by atoms with Crippen LogP contribution in [0.4, 0.5) is 11.4 Å². The summed E-state index contributed by atoms with van der Waals surface area (Å²) in [5.41, 5.74) is 4.45. The predicted molar refractivity (Wildman–Crippen MR) is 118 cm³/mol. The van der Waals surface area contributed by atoms with E-state index in [1.807, 2.05) is 24.3 Å². The summed E-state index contributed by atoms with van der Waals surface area (Å²) in [4.78, 5) is 4.90. The highest BCUT2D eigenvalue weighted by Gasteiger charge is 2.30. The smallest absolute Gasteiger partial charge is 0.118 e. The van der Waals surface area contributed by atoms with E-state index < -0.39 is 0 Å². The van der Waals surface area contributed by atoms with Gasteiger partial charge in [0.1, 0.15) is 11.5 Å². The number of phenolic OH excluding ortho intramolecular Hbond substituents is 2. The summed E-state index contributed by atoms with van der Waals surface area (Å²) >= 11 is 0. The van der Waals surface area contributed by atoms with Crippen LogP contribution in [-0.4, -0.2) is 35.4 Å². The van der Waals surface area contributed by atoms with Crippen LogP contribution < -0.4 is 9.80 Å². The Labute approximate surface area is 169 Å². The molecule has 28 heavy (non-hydrogen) atoms. The fourth-order valence-corrected chi connectivity index (χ4v) is 4.29. The minimum absolute atomic E-state index is 0.360. The maximum Gasteiger partial charge on any atom is 0.118 e. The number of benzene rings is 2. The van der Waals surface area contributed by atoms with Crippen molar-refractivity contribution >= 4 is 11.4 Å². The lowest BCUT2D eigenvalue weighted by Crippen LogP contribution is -2.56. The maximum absolute atomic E-state index is 10.1. The standard InChI is InChI=1S/C24H34N2O2/c1-5-7-19-13-21(9-11-23(19)27)25-15-18(4)26(16-17(25)3)22-10-12-24(28)20(14-22)8-6-2/h9-14,17-18,27-28H,5-8,15-16H2,1-4H3. The molecule has 2 aromatic carbocycles. The Morgan fingerprint density at radius 2 is 1.14 bits per heavy atom. The first kappa shape index (κ1) is 20.4. The summed E-state index contributed by atoms with van der Waals surface area (Å²) in [6.07, 6.45) is 3.85. The number of hydrogen-bond acceptors (Lipinski definition) is 4. The minimum atomic E-state index is 0.360. The molecule has 2 aromatic rings. The molecule has 152 valence electrons. The van der Waals surface area contributed by atoms with Crippen molar-refractivity contribution < 1.29 is 10.2 Å². The summed E-state index contributed by atoms with van der Waals surface area (Å²) in [6, 6.07) is 12.8. The fourth-order valence-electron chi connectivity index (χ4n) is 4.29. The van der Waals surface area contributed by atoms with E-state index >= 15 is 0 Å². The second-order valence-electron chi connectivity index (χ2n) is 8.13. The molecular formula is C24H34N2O2. The van der Waals surface area contributed by atoms with Gasteiger partial charge in [0, 0.05) is 36.5 Å². The van der Waals surface area contributed by atoms with Gasteiger partial charge in [-0.25, -0.2) is 0 Å². The fraction of sp³-hybridized carbons (Fsp3) is 0.500. The second-order valence-corrected chi connectivity index (χ2v) is 8.13. The third-order valence-corrected chi connectivity index (χ3v) is 5.81. The molecule has 1 aliphatic heterocycles. The lowest BCUT2D eigenvalue weighted by Gasteiger charge is -2.46. The molecule has 0 aliphatic carbocycles. The number of aromatic hydroxyl groups is 2. The Morgan fingerprint density at radius 3 is 1.50 bits per heavy atom. The van der Waals surface area contributed by atoms with Gasteiger partial charge in [-0.15, -0.1) is 0 Å². The highest BCUT2D eigenvalue weighted by Crippen LogP contribution is 2.32. The van der Waals surface area contributed by atoms with Gasteiger partial charge >= 0.3 is 0 Å². The summed E-state index contributed by atoms with van der Waals surface area (Å²) in [5.74, 6) is 0.801. The summed E-state index contributed by atoms with van der Waals surface area (Å²) in [7, 11) is 0. The molecule has 0 saturated carbocycles. The number of anilines is 2. The summed E-state index contributed by atoms with van der Waals surface area (Å²) < 4.78 is 0. The normalized spacial score (nSPS) is 19.9. The molecule has 1 saturated heterocycles. The molecule has 1 fully saturated rings. The van der Waals surface area contributed by atoms with Crippen molar-refractivity contribution in [3.8, 4) is 11.5 Å². The average molecular weight is 383 g/mol. The van der Waals surface area contributed by atoms with Crippen molar-refractivity contribution in [1.82, 2.24) is 0 Å². The summed E-state index contributed by atoms with van der Waals surface area (Å²) in [6.45, 7) is 10.7. The molecule has 4 heteroatoms. The highest BCUT2D eigenvalue weighted by atomic mass is 16.3. The number of aryl methyl sites for hydroxylation is 2. The minimum Gasteiger partial charge on any atom is -0.508 e. The van der Waals surface area contributed by atoms with E-state index in [1.165, 1.54) is 11.4 Å². The van der Waals surface area contributed by atoms with E-state index in [2.05, 4.69) is 49.6 Å². The van der Waals surface area contributed by atoms with Crippen LogP contribution in [0.5, 0.6) is 11.5 Å². The van der Waals surface area contributed by atoms with Gasteiger partial charge in [0.05, 0.1) is 0 Å². The van der Waals surface area contributed by atoms with E-state index in [0.29, 0.717) is 23.6 Å². The van der Waals surface area contributed by atoms with Gasteiger partial charge in [-0.2, -0.15) is 0 Å². The molecule has 4 nitrogen and oxygen atoms in total. The van der Waals surface area contributed by atoms with Crippen molar-refractivity contribution in [3.63, 3.8) is 0 Å². The van der Waals surface area contributed by atoms with Crippen LogP contribution in [0.1, 0.15) is 51.7 Å². The van der Waals surface area contributed by atoms with Gasteiger partial charge < -0.3 is 20.0 Å². The SMILES string of the molecule is CCCc1cc(N2CC(C)N(c3ccc(O)c(CCC)c3)CC2C)ccc1O. The Hall–Kier alpha value is -2.36. The molecule has 0 aromatic heterocycles. The number of piperazine rings is 1. The zero-order valence-electron chi connectivity index (χ0n) is 17.7. The van der Waals surface area contributed by atoms with Gasteiger partial charge in [0.15, 0.2) is 0 Å². The molecule has 2 atom stereocenters. The maximum atomic E-state index is 10.1. The Balaban J connectivity index is 1.81. The van der Waals surface area contributed by atoms with Gasteiger partial charge in [0.25, 0.3) is 0 Å². The van der Waals surface area contributed by atoms with Crippen LogP contribution in [0.25, 0.3) is 0 Å². The van der Waals surface area contributed by atoms with Crippen LogP contribution in [0, 0.1) is 0 Å². The van der Waals surface area contributed by atoms with E-state index in [0.717, 1.165) is 49.9 Å². The Kier molecular flexibility index (Phi) is 6.38. The van der Waals surface area contributed by atoms with Gasteiger partial charge in [-0.3, -0.25) is 0 Å². The van der Waals surface area contributed by atoms with E-state index in [1.54, 1.807) is 0 Å². The van der Waals surface area contributed by atoms with Crippen LogP contribution in [0.2, 0.25) is 0 Å². The average Bonchev–Trinajstić information content (AvgIpc) is 2.67. The van der Waals surface area contributed by atoms with Gasteiger partial charge in [-0.1, -0.05) is 26.7 Å². The van der Waals surface area contributed by atoms with Crippen LogP contribution in [-0.2, 0) is 12.8 Å². The molecule has 2 N–H and O–H groups in total. The third kappa shape index (κ3) is 4.21. The van der Waals surface area contributed by atoms with Crippen molar-refractivity contribution in [1.29, 1.82) is 0 Å². The first-order valence-corrected chi connectivity index (χ1v) is 10.6. The molecule has 0 bridgehead atoms. The molecule has 0 spiro atoms. The van der Waals surface area contributed by atoms with Crippen molar-refractivity contribution in [2.24, 2.45) is 0 Å². The van der Waals surface area contributed by atoms with Crippen LogP contribution in [0.15, 0.2) is 36.4 Å². The number of rotatable bonds is 6. The third-order valence-electron chi connectivity index (χ3n) is 5.81. The number of hydrogen-bond donors (Lipinski definition) is 2. The molecule has 0 amide bonds. The van der Waals surface area contributed by atoms with E-state index in [9.17, 15) is 10.2 Å². The molecule has 3 rings (SSSR count). The Morgan fingerprint density at radius 1 is 0.750 bits per heavy atom. The van der Waals surface area contributed by atoms with Crippen LogP contribution >= 0.6 is 0 Å². The predicted octanol–water partition coefficient (Wildman–Crippen LogP) is 5.11. The Bertz CT molecular complexity index is 738. The van der Waals surface area contributed by atoms with Gasteiger partial charge in [0.2, 0.25) is 0 Å². The number of nitrogens with zero attached hydrogens (tertiary/aromatic N) is 2. The topological polar surface area (TPSA) is 46.9 Å². The van der Waals surface area contributed by atoms with E-state index in [-0.39, 0.29) is 0 Å². The van der Waals surface area contributed by atoms with Crippen molar-refractivity contribution in [3.05, 3.63) is 47.5 Å². The lowest BCUT2D eigenvalue weighted by molar-refractivity contribution is 0.463. The quantitative estimate of drug-likeness (QED) is 0.729. The highest BCUT2D eigenvalue weighted by molar-refractivity contribution is 5.58. The molecule has 0 radical (unpaired) electrons. The van der Waals surface area contributed by atoms with E-state index in [4.69, 9.17) is 0 Å². The lowest BCUT2D eigenvalue weighted by atomic mass is 10.0. The monoisotopic (exact) mass is 382 g/mol. The molecular weight excluding hydrogens is 348 g/mol. The molecule has 1 heterocycles. The zero-order chi connectivity index (χ0) is 20.3. The second kappa shape index (κ2) is 8.76. The van der Waals surface area contributed by atoms with Crippen molar-refractivity contribution in [2.45, 2.75) is 65.5 Å². The first-order chi connectivity index (χ1) is 13.4. The summed E-state index contributed by atoms with van der Waals surface area (Å²) in [5, 5.41) is 20.2. The first-order valence-electron chi connectivity index (χ1n) is 10.6. The van der Waals surface area contributed by atoms with Crippen molar-refractivity contribution in [2.75, 3.05) is 22.9 Å². The molecule has 1 aliphatic rings. The van der Waals surface area contributed by atoms with Crippen LogP contribution in [0.3, 0.4) is 0 Å². The molecule has 2 unspecified atom stereocenters. The van der Waals surface area contributed by atoms with Gasteiger partial charge in [-0.05, 0) is 74.2 Å². The largest absolute Gasteiger partial charge is 0.508 e.